The summed E-state index contributed by atoms with van der Waals surface area (Å²) in [6.45, 7) is 8.17. The molecular weight excluding hydrogens is 613 g/mol. The molecule has 1 saturated carbocycles. The number of sulfonamides is 1. The van der Waals surface area contributed by atoms with Crippen molar-refractivity contribution in [2.75, 3.05) is 6.54 Å². The second kappa shape index (κ2) is 10.2. The normalized spacial score (nSPS) is 18.3. The molecule has 1 fully saturated rings. The highest BCUT2D eigenvalue weighted by Gasteiger charge is 2.52. The maximum Gasteiger partial charge on any atom is 0.452 e. The van der Waals surface area contributed by atoms with Gasteiger partial charge in [0.1, 0.15) is 10.5 Å². The molecule has 2 aliphatic rings. The van der Waals surface area contributed by atoms with Crippen LogP contribution in [0.4, 0.5) is 13.2 Å². The van der Waals surface area contributed by atoms with E-state index in [-0.39, 0.29) is 29.5 Å². The third-order valence-corrected chi connectivity index (χ3v) is 10.5. The van der Waals surface area contributed by atoms with Crippen molar-refractivity contribution in [1.29, 1.82) is 0 Å². The molecule has 0 bridgehead atoms. The van der Waals surface area contributed by atoms with Crippen LogP contribution in [0.15, 0.2) is 41.7 Å². The first kappa shape index (κ1) is 30.9. The summed E-state index contributed by atoms with van der Waals surface area (Å²) in [4.78, 5) is 21.4. The maximum absolute atomic E-state index is 14.0. The zero-order valence-corrected chi connectivity index (χ0v) is 26.0. The molecule has 4 aromatic heterocycles. The van der Waals surface area contributed by atoms with Crippen molar-refractivity contribution >= 4 is 21.6 Å². The number of carbonyl (C=O) groups is 1. The lowest BCUT2D eigenvalue weighted by Gasteiger charge is -2.32. The SMILES string of the molecule is Cc1cnc2c(c1)S(=O)(=O)N(Cc1cc([C@H](c3ccn4c(C(F)(F)F)nnc4c3C)C(C)(C)C(=O)O)ncc1C)CC1(CC1)O2. The highest BCUT2D eigenvalue weighted by atomic mass is 32.2. The van der Waals surface area contributed by atoms with Gasteiger partial charge in [0.15, 0.2) is 5.65 Å². The Hall–Kier alpha value is -4.11. The predicted molar refractivity (Wildman–Crippen MR) is 154 cm³/mol. The first-order chi connectivity index (χ1) is 20.9. The third-order valence-electron chi connectivity index (χ3n) is 8.74. The van der Waals surface area contributed by atoms with Crippen LogP contribution >= 0.6 is 0 Å². The summed E-state index contributed by atoms with van der Waals surface area (Å²) in [7, 11) is -4.03. The summed E-state index contributed by atoms with van der Waals surface area (Å²) in [5.74, 6) is -3.23. The smallest absolute Gasteiger partial charge is 0.452 e. The lowest BCUT2D eigenvalue weighted by molar-refractivity contribution is -0.147. The van der Waals surface area contributed by atoms with Gasteiger partial charge in [-0.25, -0.2) is 13.4 Å². The molecule has 1 atom stereocenters. The summed E-state index contributed by atoms with van der Waals surface area (Å²) in [6.07, 6.45) is 0.885. The van der Waals surface area contributed by atoms with Gasteiger partial charge in [-0.05, 0) is 93.5 Å². The van der Waals surface area contributed by atoms with Crippen LogP contribution in [0.25, 0.3) is 5.65 Å². The fraction of sp³-hybridized carbons (Fsp3) is 0.433. The van der Waals surface area contributed by atoms with E-state index in [1.54, 1.807) is 39.2 Å². The topological polar surface area (TPSA) is 140 Å². The van der Waals surface area contributed by atoms with E-state index in [9.17, 15) is 31.5 Å². The number of aromatic nitrogens is 5. The van der Waals surface area contributed by atoms with Crippen molar-refractivity contribution in [3.63, 3.8) is 0 Å². The average Bonchev–Trinajstić information content (AvgIpc) is 3.56. The average molecular weight is 645 g/mol. The molecule has 11 nitrogen and oxygen atoms in total. The lowest BCUT2D eigenvalue weighted by atomic mass is 9.71. The highest BCUT2D eigenvalue weighted by Crippen LogP contribution is 2.47. The largest absolute Gasteiger partial charge is 0.481 e. The Kier molecular flexibility index (Phi) is 7.01. The Morgan fingerprint density at radius 1 is 1.11 bits per heavy atom. The quantitative estimate of drug-likeness (QED) is 0.313. The molecule has 0 amide bonds. The number of carboxylic acids is 1. The molecule has 1 aliphatic carbocycles. The van der Waals surface area contributed by atoms with Gasteiger partial charge >= 0.3 is 12.1 Å². The minimum Gasteiger partial charge on any atom is -0.481 e. The van der Waals surface area contributed by atoms with E-state index in [0.29, 0.717) is 46.4 Å². The van der Waals surface area contributed by atoms with Crippen LogP contribution in [-0.2, 0) is 27.5 Å². The zero-order chi connectivity index (χ0) is 32.7. The maximum atomic E-state index is 14.0. The van der Waals surface area contributed by atoms with Crippen molar-refractivity contribution in [2.24, 2.45) is 5.41 Å². The predicted octanol–water partition coefficient (Wildman–Crippen LogP) is 4.82. The molecule has 1 spiro atoms. The number of carboxylic acid groups (broad SMARTS) is 1. The van der Waals surface area contributed by atoms with Gasteiger partial charge in [0, 0.05) is 36.7 Å². The van der Waals surface area contributed by atoms with Gasteiger partial charge in [0.05, 0.1) is 12.0 Å². The van der Waals surface area contributed by atoms with Gasteiger partial charge in [-0.15, -0.1) is 10.2 Å². The molecule has 5 heterocycles. The molecule has 1 N–H and O–H groups in total. The lowest BCUT2D eigenvalue weighted by Crippen LogP contribution is -2.38. The number of aliphatic carboxylic acids is 1. The summed E-state index contributed by atoms with van der Waals surface area (Å²) in [5.41, 5.74) is 0.730. The van der Waals surface area contributed by atoms with Crippen LogP contribution in [0.5, 0.6) is 5.88 Å². The standard InChI is InChI=1S/C30H31F3N6O5S/c1-16-10-22-25(35-12-16)44-29(7-8-29)15-38(45(22,42)43)14-19-11-21(34-13-17(19)2)23(28(4,5)27(40)41)20-6-9-39-24(18(20)3)36-37-26(39)30(31,32)33/h6,9-13,23H,7-8,14-15H2,1-5H3,(H,40,41)/t23-/m0/s1. The Morgan fingerprint density at radius 3 is 2.47 bits per heavy atom. The minimum absolute atomic E-state index is 0.0152. The van der Waals surface area contributed by atoms with Crippen LogP contribution in [0.1, 0.15) is 71.9 Å². The Balaban J connectivity index is 1.46. The first-order valence-electron chi connectivity index (χ1n) is 14.2. The molecule has 0 radical (unpaired) electrons. The van der Waals surface area contributed by atoms with Crippen molar-refractivity contribution in [3.8, 4) is 5.88 Å². The van der Waals surface area contributed by atoms with E-state index in [1.807, 2.05) is 0 Å². The van der Waals surface area contributed by atoms with Gasteiger partial charge in [0.2, 0.25) is 21.7 Å². The van der Waals surface area contributed by atoms with E-state index in [1.165, 1.54) is 36.5 Å². The molecule has 0 saturated heterocycles. The molecule has 6 rings (SSSR count). The number of aryl methyl sites for hydroxylation is 3. The molecule has 0 unspecified atom stereocenters. The van der Waals surface area contributed by atoms with Crippen molar-refractivity contribution in [2.45, 2.75) is 76.6 Å². The molecule has 1 aliphatic heterocycles. The van der Waals surface area contributed by atoms with Gasteiger partial charge in [-0.2, -0.15) is 17.5 Å². The second-order valence-corrected chi connectivity index (χ2v) is 14.4. The summed E-state index contributed by atoms with van der Waals surface area (Å²) in [6, 6.07) is 4.64. The number of hydrogen-bond acceptors (Lipinski definition) is 8. The van der Waals surface area contributed by atoms with Crippen molar-refractivity contribution < 1.29 is 36.2 Å². The van der Waals surface area contributed by atoms with E-state index in [2.05, 4.69) is 20.2 Å². The summed E-state index contributed by atoms with van der Waals surface area (Å²) < 4.78 is 76.8. The Morgan fingerprint density at radius 2 is 1.82 bits per heavy atom. The number of nitrogens with zero attached hydrogens (tertiary/aromatic N) is 6. The van der Waals surface area contributed by atoms with Crippen molar-refractivity contribution in [3.05, 3.63) is 76.1 Å². The van der Waals surface area contributed by atoms with Gasteiger partial charge in [-0.1, -0.05) is 0 Å². The molecule has 15 heteroatoms. The number of pyridine rings is 3. The minimum atomic E-state index is -4.74. The fourth-order valence-electron chi connectivity index (χ4n) is 5.86. The number of alkyl halides is 3. The van der Waals surface area contributed by atoms with Crippen molar-refractivity contribution in [1.82, 2.24) is 28.9 Å². The van der Waals surface area contributed by atoms with E-state index < -0.39 is 44.9 Å². The van der Waals surface area contributed by atoms with Crippen LogP contribution in [-0.4, -0.2) is 60.5 Å². The van der Waals surface area contributed by atoms with Gasteiger partial charge in [-0.3, -0.25) is 14.2 Å². The Bertz CT molecular complexity index is 1970. The van der Waals surface area contributed by atoms with Crippen LogP contribution in [0, 0.1) is 26.2 Å². The number of halogens is 3. The number of hydrogen-bond donors (Lipinski definition) is 1. The van der Waals surface area contributed by atoms with E-state index in [4.69, 9.17) is 4.74 Å². The monoisotopic (exact) mass is 644 g/mol. The Labute approximate surface area is 257 Å². The van der Waals surface area contributed by atoms with Gasteiger partial charge < -0.3 is 9.84 Å². The number of ether oxygens (including phenoxy) is 1. The van der Waals surface area contributed by atoms with Gasteiger partial charge in [0.25, 0.3) is 0 Å². The zero-order valence-electron chi connectivity index (χ0n) is 25.2. The van der Waals surface area contributed by atoms with Crippen LogP contribution < -0.4 is 4.74 Å². The van der Waals surface area contributed by atoms with E-state index >= 15 is 0 Å². The molecule has 0 aromatic carbocycles. The molecule has 45 heavy (non-hydrogen) atoms. The molecule has 4 aromatic rings. The third kappa shape index (κ3) is 5.21. The summed E-state index contributed by atoms with van der Waals surface area (Å²) >= 11 is 0. The second-order valence-electron chi connectivity index (χ2n) is 12.5. The summed E-state index contributed by atoms with van der Waals surface area (Å²) in [5, 5.41) is 17.4. The van der Waals surface area contributed by atoms with E-state index in [0.717, 1.165) is 4.40 Å². The van der Waals surface area contributed by atoms with Crippen LogP contribution in [0.3, 0.4) is 0 Å². The van der Waals surface area contributed by atoms with Crippen LogP contribution in [0.2, 0.25) is 0 Å². The fourth-order valence-corrected chi connectivity index (χ4v) is 7.50. The number of rotatable bonds is 6. The first-order valence-corrected chi connectivity index (χ1v) is 15.6. The number of fused-ring (bicyclic) bond motifs is 2. The highest BCUT2D eigenvalue weighted by molar-refractivity contribution is 7.89. The molecule has 238 valence electrons. The molecular formula is C30H31F3N6O5S.